The van der Waals surface area contributed by atoms with E-state index in [1.165, 1.54) is 12.8 Å². The first-order chi connectivity index (χ1) is 9.83. The first-order valence-corrected chi connectivity index (χ1v) is 6.69. The number of ether oxygens (including phenoxy) is 1. The van der Waals surface area contributed by atoms with Crippen molar-refractivity contribution in [1.29, 1.82) is 0 Å². The molecule has 1 aliphatic rings. The van der Waals surface area contributed by atoms with Crippen LogP contribution in [0.3, 0.4) is 0 Å². The summed E-state index contributed by atoms with van der Waals surface area (Å²) in [6, 6.07) is 4.37. The molecular weight excluding hydrogens is 256 g/mol. The van der Waals surface area contributed by atoms with Gasteiger partial charge in [0.05, 0.1) is 19.9 Å². The lowest BCUT2D eigenvalue weighted by molar-refractivity contribution is 0.410. The number of furan rings is 1. The number of nitrogens with zero attached hydrogens (tertiary/aromatic N) is 3. The SMILES string of the molecule is CNc1ncnc(N(Cc2ccco2)C2CC2)c1OC. The minimum Gasteiger partial charge on any atom is -0.490 e. The molecule has 2 heterocycles. The zero-order valence-electron chi connectivity index (χ0n) is 11.7. The van der Waals surface area contributed by atoms with E-state index in [0.29, 0.717) is 24.2 Å². The van der Waals surface area contributed by atoms with Crippen LogP contribution in [0.5, 0.6) is 5.75 Å². The third-order valence-electron chi connectivity index (χ3n) is 3.39. The van der Waals surface area contributed by atoms with Crippen molar-refractivity contribution in [2.24, 2.45) is 0 Å². The van der Waals surface area contributed by atoms with E-state index in [2.05, 4.69) is 20.2 Å². The number of nitrogens with one attached hydrogen (secondary N) is 1. The van der Waals surface area contributed by atoms with Crippen LogP contribution >= 0.6 is 0 Å². The molecular formula is C14H18N4O2. The zero-order chi connectivity index (χ0) is 13.9. The van der Waals surface area contributed by atoms with Crippen LogP contribution in [0.4, 0.5) is 11.6 Å². The molecule has 0 aromatic carbocycles. The normalized spacial score (nSPS) is 14.1. The third-order valence-corrected chi connectivity index (χ3v) is 3.39. The van der Waals surface area contributed by atoms with Gasteiger partial charge in [0.25, 0.3) is 0 Å². The van der Waals surface area contributed by atoms with Crippen molar-refractivity contribution in [3.8, 4) is 5.75 Å². The largest absolute Gasteiger partial charge is 0.490 e. The highest BCUT2D eigenvalue weighted by Gasteiger charge is 2.33. The lowest BCUT2D eigenvalue weighted by Gasteiger charge is -2.24. The topological polar surface area (TPSA) is 63.4 Å². The molecule has 1 aliphatic carbocycles. The fraction of sp³-hybridized carbons (Fsp3) is 0.429. The first-order valence-electron chi connectivity index (χ1n) is 6.69. The van der Waals surface area contributed by atoms with Crippen molar-refractivity contribution >= 4 is 11.6 Å². The molecule has 2 aromatic rings. The number of methoxy groups -OCH3 is 1. The second kappa shape index (κ2) is 5.40. The summed E-state index contributed by atoms with van der Waals surface area (Å²) in [5.74, 6) is 3.10. The van der Waals surface area contributed by atoms with Crippen LogP contribution in [-0.4, -0.2) is 30.2 Å². The molecule has 0 aliphatic heterocycles. The molecule has 0 unspecified atom stereocenters. The molecule has 0 bridgehead atoms. The summed E-state index contributed by atoms with van der Waals surface area (Å²) in [4.78, 5) is 10.8. The first kappa shape index (κ1) is 12.8. The Morgan fingerprint density at radius 3 is 2.90 bits per heavy atom. The molecule has 3 rings (SSSR count). The van der Waals surface area contributed by atoms with E-state index in [1.807, 2.05) is 19.2 Å². The smallest absolute Gasteiger partial charge is 0.204 e. The highest BCUT2D eigenvalue weighted by atomic mass is 16.5. The van der Waals surface area contributed by atoms with Gasteiger partial charge >= 0.3 is 0 Å². The number of rotatable bonds is 6. The maximum Gasteiger partial charge on any atom is 0.204 e. The van der Waals surface area contributed by atoms with Crippen LogP contribution in [-0.2, 0) is 6.54 Å². The summed E-state index contributed by atoms with van der Waals surface area (Å²) >= 11 is 0. The fourth-order valence-electron chi connectivity index (χ4n) is 2.27. The molecule has 1 fully saturated rings. The molecule has 1 N–H and O–H groups in total. The molecule has 0 spiro atoms. The molecule has 20 heavy (non-hydrogen) atoms. The van der Waals surface area contributed by atoms with Crippen molar-refractivity contribution in [2.45, 2.75) is 25.4 Å². The van der Waals surface area contributed by atoms with Crippen molar-refractivity contribution in [2.75, 3.05) is 24.4 Å². The average Bonchev–Trinajstić information content (AvgIpc) is 3.20. The summed E-state index contributed by atoms with van der Waals surface area (Å²) in [7, 11) is 3.46. The van der Waals surface area contributed by atoms with E-state index in [0.717, 1.165) is 11.6 Å². The minimum absolute atomic E-state index is 0.494. The van der Waals surface area contributed by atoms with Gasteiger partial charge in [-0.2, -0.15) is 0 Å². The lowest BCUT2D eigenvalue weighted by atomic mass is 10.3. The Balaban J connectivity index is 1.95. The molecule has 0 amide bonds. The monoisotopic (exact) mass is 274 g/mol. The molecule has 0 saturated heterocycles. The van der Waals surface area contributed by atoms with Gasteiger partial charge in [-0.05, 0) is 25.0 Å². The fourth-order valence-corrected chi connectivity index (χ4v) is 2.27. The van der Waals surface area contributed by atoms with Gasteiger partial charge in [0.1, 0.15) is 12.1 Å². The Bertz CT molecular complexity index is 567. The van der Waals surface area contributed by atoms with Crippen LogP contribution in [0.15, 0.2) is 29.1 Å². The Morgan fingerprint density at radius 2 is 2.30 bits per heavy atom. The van der Waals surface area contributed by atoms with Gasteiger partial charge in [-0.1, -0.05) is 0 Å². The highest BCUT2D eigenvalue weighted by Crippen LogP contribution is 2.39. The second-order valence-corrected chi connectivity index (χ2v) is 4.77. The second-order valence-electron chi connectivity index (χ2n) is 4.77. The van der Waals surface area contributed by atoms with Gasteiger partial charge in [0.2, 0.25) is 5.75 Å². The third kappa shape index (κ3) is 2.41. The van der Waals surface area contributed by atoms with Crippen LogP contribution in [0.1, 0.15) is 18.6 Å². The van der Waals surface area contributed by atoms with E-state index >= 15 is 0 Å². The molecule has 0 radical (unpaired) electrons. The van der Waals surface area contributed by atoms with Crippen LogP contribution in [0, 0.1) is 0 Å². The Hall–Kier alpha value is -2.24. The van der Waals surface area contributed by atoms with Crippen molar-refractivity contribution in [3.05, 3.63) is 30.5 Å². The van der Waals surface area contributed by atoms with E-state index in [1.54, 1.807) is 19.7 Å². The summed E-state index contributed by atoms with van der Waals surface area (Å²) < 4.78 is 10.9. The lowest BCUT2D eigenvalue weighted by Crippen LogP contribution is -2.26. The van der Waals surface area contributed by atoms with Gasteiger partial charge in [0.15, 0.2) is 11.6 Å². The molecule has 106 valence electrons. The number of hydrogen-bond donors (Lipinski definition) is 1. The maximum atomic E-state index is 5.49. The minimum atomic E-state index is 0.494. The predicted octanol–water partition coefficient (Wildman–Crippen LogP) is 2.29. The van der Waals surface area contributed by atoms with Gasteiger partial charge < -0.3 is 19.4 Å². The number of aromatic nitrogens is 2. The Kier molecular flexibility index (Phi) is 3.45. The molecule has 1 saturated carbocycles. The average molecular weight is 274 g/mol. The van der Waals surface area contributed by atoms with E-state index in [9.17, 15) is 0 Å². The molecule has 2 aromatic heterocycles. The number of anilines is 2. The zero-order valence-corrected chi connectivity index (χ0v) is 11.7. The summed E-state index contributed by atoms with van der Waals surface area (Å²) in [5, 5.41) is 3.03. The molecule has 0 atom stereocenters. The number of hydrogen-bond acceptors (Lipinski definition) is 6. The van der Waals surface area contributed by atoms with E-state index in [4.69, 9.17) is 9.15 Å². The quantitative estimate of drug-likeness (QED) is 0.872. The van der Waals surface area contributed by atoms with Crippen LogP contribution in [0.2, 0.25) is 0 Å². The maximum absolute atomic E-state index is 5.49. The van der Waals surface area contributed by atoms with Gasteiger partial charge in [-0.25, -0.2) is 9.97 Å². The highest BCUT2D eigenvalue weighted by molar-refractivity contribution is 5.65. The van der Waals surface area contributed by atoms with E-state index in [-0.39, 0.29) is 0 Å². The predicted molar refractivity (Wildman–Crippen MR) is 76.0 cm³/mol. The van der Waals surface area contributed by atoms with Crippen LogP contribution < -0.4 is 15.0 Å². The molecule has 6 heteroatoms. The van der Waals surface area contributed by atoms with Gasteiger partial charge in [0, 0.05) is 13.1 Å². The van der Waals surface area contributed by atoms with Crippen molar-refractivity contribution in [3.63, 3.8) is 0 Å². The molecule has 6 nitrogen and oxygen atoms in total. The summed E-state index contributed by atoms with van der Waals surface area (Å²) in [6.45, 7) is 0.689. The van der Waals surface area contributed by atoms with Crippen molar-refractivity contribution in [1.82, 2.24) is 9.97 Å². The standard InChI is InChI=1S/C14H18N4O2/c1-15-13-12(19-2)14(17-9-16-13)18(10-5-6-10)8-11-4-3-7-20-11/h3-4,7,9-10H,5-6,8H2,1-2H3,(H,15,16,17). The Morgan fingerprint density at radius 1 is 1.45 bits per heavy atom. The van der Waals surface area contributed by atoms with E-state index < -0.39 is 0 Å². The van der Waals surface area contributed by atoms with Gasteiger partial charge in [-0.15, -0.1) is 0 Å². The van der Waals surface area contributed by atoms with Crippen LogP contribution in [0.25, 0.3) is 0 Å². The summed E-state index contributed by atoms with van der Waals surface area (Å²) in [6.07, 6.45) is 5.59. The Labute approximate surface area is 117 Å². The summed E-state index contributed by atoms with van der Waals surface area (Å²) in [5.41, 5.74) is 0. The van der Waals surface area contributed by atoms with Crippen molar-refractivity contribution < 1.29 is 9.15 Å². The van der Waals surface area contributed by atoms with Gasteiger partial charge in [-0.3, -0.25) is 0 Å².